The SMILES string of the molecule is CNC1(C)CCN(C(=O)c2cc(F)c(F)c(O)c2F)CC1. The van der Waals surface area contributed by atoms with Gasteiger partial charge < -0.3 is 15.3 Å². The van der Waals surface area contributed by atoms with Gasteiger partial charge in [-0.2, -0.15) is 4.39 Å². The highest BCUT2D eigenvalue weighted by molar-refractivity contribution is 5.95. The predicted molar refractivity (Wildman–Crippen MR) is 70.6 cm³/mol. The highest BCUT2D eigenvalue weighted by Gasteiger charge is 2.32. The molecule has 0 aliphatic carbocycles. The third kappa shape index (κ3) is 2.83. The van der Waals surface area contributed by atoms with Gasteiger partial charge in [0.1, 0.15) is 0 Å². The number of carbonyl (C=O) groups excluding carboxylic acids is 1. The fourth-order valence-corrected chi connectivity index (χ4v) is 2.37. The molecule has 0 unspecified atom stereocenters. The van der Waals surface area contributed by atoms with E-state index in [-0.39, 0.29) is 5.54 Å². The van der Waals surface area contributed by atoms with Gasteiger partial charge in [-0.05, 0) is 32.9 Å². The van der Waals surface area contributed by atoms with Crippen LogP contribution < -0.4 is 5.32 Å². The number of piperidine rings is 1. The molecule has 0 bridgehead atoms. The number of halogens is 3. The lowest BCUT2D eigenvalue weighted by Gasteiger charge is -2.39. The Hall–Kier alpha value is -1.76. The lowest BCUT2D eigenvalue weighted by atomic mass is 9.89. The van der Waals surface area contributed by atoms with Gasteiger partial charge in [0.05, 0.1) is 5.56 Å². The van der Waals surface area contributed by atoms with E-state index >= 15 is 0 Å². The van der Waals surface area contributed by atoms with Crippen LogP contribution in [0.4, 0.5) is 13.2 Å². The fraction of sp³-hybridized carbons (Fsp3) is 0.500. The van der Waals surface area contributed by atoms with Crippen LogP contribution in [0.5, 0.6) is 5.75 Å². The number of phenols is 1. The molecule has 0 atom stereocenters. The molecule has 1 aliphatic rings. The van der Waals surface area contributed by atoms with Crippen LogP contribution in [0.15, 0.2) is 6.07 Å². The average molecular weight is 302 g/mol. The summed E-state index contributed by atoms with van der Waals surface area (Å²) in [5.74, 6) is -6.78. The molecule has 1 fully saturated rings. The molecule has 1 heterocycles. The number of likely N-dealkylation sites (tertiary alicyclic amines) is 1. The molecule has 0 saturated carbocycles. The Kier molecular flexibility index (Phi) is 4.13. The van der Waals surface area contributed by atoms with Crippen molar-refractivity contribution >= 4 is 5.91 Å². The lowest BCUT2D eigenvalue weighted by Crippen LogP contribution is -2.51. The number of nitrogens with one attached hydrogen (secondary N) is 1. The molecular formula is C14H17F3N2O2. The summed E-state index contributed by atoms with van der Waals surface area (Å²) >= 11 is 0. The van der Waals surface area contributed by atoms with Crippen LogP contribution in [-0.2, 0) is 0 Å². The average Bonchev–Trinajstić information content (AvgIpc) is 2.49. The molecule has 1 amide bonds. The Balaban J connectivity index is 2.23. The maximum absolute atomic E-state index is 13.7. The van der Waals surface area contributed by atoms with Crippen molar-refractivity contribution in [1.82, 2.24) is 10.2 Å². The van der Waals surface area contributed by atoms with E-state index in [1.165, 1.54) is 4.90 Å². The Bertz CT molecular complexity index is 570. The monoisotopic (exact) mass is 302 g/mol. The van der Waals surface area contributed by atoms with E-state index in [1.807, 2.05) is 14.0 Å². The molecule has 0 radical (unpaired) electrons. The number of benzene rings is 1. The minimum Gasteiger partial charge on any atom is -0.503 e. The van der Waals surface area contributed by atoms with Crippen molar-refractivity contribution in [3.8, 4) is 5.75 Å². The summed E-state index contributed by atoms with van der Waals surface area (Å²) in [6.45, 7) is 2.75. The number of amides is 1. The number of nitrogens with zero attached hydrogens (tertiary/aromatic N) is 1. The molecule has 116 valence electrons. The summed E-state index contributed by atoms with van der Waals surface area (Å²) in [7, 11) is 1.82. The lowest BCUT2D eigenvalue weighted by molar-refractivity contribution is 0.0655. The van der Waals surface area contributed by atoms with E-state index in [9.17, 15) is 18.0 Å². The second-order valence-electron chi connectivity index (χ2n) is 5.49. The number of hydrogen-bond donors (Lipinski definition) is 2. The summed E-state index contributed by atoms with van der Waals surface area (Å²) in [6, 6.07) is 0.485. The van der Waals surface area contributed by atoms with Crippen LogP contribution in [0, 0.1) is 17.5 Å². The summed E-state index contributed by atoms with van der Waals surface area (Å²) in [5, 5.41) is 12.3. The minimum absolute atomic E-state index is 0.106. The number of phenolic OH excluding ortho intramolecular Hbond substituents is 1. The van der Waals surface area contributed by atoms with E-state index in [0.717, 1.165) is 0 Å². The zero-order valence-electron chi connectivity index (χ0n) is 11.8. The second-order valence-corrected chi connectivity index (χ2v) is 5.49. The fourth-order valence-electron chi connectivity index (χ4n) is 2.37. The van der Waals surface area contributed by atoms with Crippen molar-refractivity contribution in [2.24, 2.45) is 0 Å². The van der Waals surface area contributed by atoms with E-state index in [4.69, 9.17) is 5.11 Å². The van der Waals surface area contributed by atoms with Crippen LogP contribution in [0.2, 0.25) is 0 Å². The number of aromatic hydroxyl groups is 1. The van der Waals surface area contributed by atoms with Crippen LogP contribution in [0.1, 0.15) is 30.1 Å². The molecule has 21 heavy (non-hydrogen) atoms. The summed E-state index contributed by atoms with van der Waals surface area (Å²) in [5.41, 5.74) is -0.759. The van der Waals surface area contributed by atoms with Crippen LogP contribution in [-0.4, -0.2) is 41.6 Å². The molecule has 0 aromatic heterocycles. The van der Waals surface area contributed by atoms with Gasteiger partial charge in [0, 0.05) is 18.6 Å². The normalized spacial score (nSPS) is 17.9. The first kappa shape index (κ1) is 15.6. The van der Waals surface area contributed by atoms with Crippen molar-refractivity contribution in [2.75, 3.05) is 20.1 Å². The molecule has 1 saturated heterocycles. The van der Waals surface area contributed by atoms with Gasteiger partial charge in [0.15, 0.2) is 17.4 Å². The Morgan fingerprint density at radius 3 is 2.38 bits per heavy atom. The van der Waals surface area contributed by atoms with E-state index in [1.54, 1.807) is 0 Å². The molecule has 2 rings (SSSR count). The van der Waals surface area contributed by atoms with Gasteiger partial charge in [-0.3, -0.25) is 4.79 Å². The molecule has 1 aromatic carbocycles. The van der Waals surface area contributed by atoms with Crippen LogP contribution in [0.3, 0.4) is 0 Å². The van der Waals surface area contributed by atoms with Gasteiger partial charge in [0.2, 0.25) is 5.82 Å². The van der Waals surface area contributed by atoms with Gasteiger partial charge in [-0.25, -0.2) is 8.78 Å². The van der Waals surface area contributed by atoms with E-state index in [2.05, 4.69) is 5.32 Å². The standard InChI is InChI=1S/C14H17F3N2O2/c1-14(18-2)3-5-19(6-4-14)13(21)8-7-9(15)11(17)12(20)10(8)16/h7,18,20H,3-6H2,1-2H3. The van der Waals surface area contributed by atoms with Crippen molar-refractivity contribution in [1.29, 1.82) is 0 Å². The topological polar surface area (TPSA) is 52.6 Å². The third-order valence-corrected chi connectivity index (χ3v) is 4.12. The molecule has 4 nitrogen and oxygen atoms in total. The predicted octanol–water partition coefficient (Wildman–Crippen LogP) is 2.02. The highest BCUT2D eigenvalue weighted by Crippen LogP contribution is 2.28. The van der Waals surface area contributed by atoms with Gasteiger partial charge >= 0.3 is 0 Å². The molecule has 2 N–H and O–H groups in total. The zero-order valence-corrected chi connectivity index (χ0v) is 11.8. The first-order chi connectivity index (χ1) is 9.79. The number of hydrogen-bond acceptors (Lipinski definition) is 3. The van der Waals surface area contributed by atoms with Crippen LogP contribution in [0.25, 0.3) is 0 Å². The Labute approximate surface area is 120 Å². The quantitative estimate of drug-likeness (QED) is 0.822. The molecule has 1 aromatic rings. The van der Waals surface area contributed by atoms with Crippen LogP contribution >= 0.6 is 0 Å². The number of rotatable bonds is 2. The van der Waals surface area contributed by atoms with Crippen molar-refractivity contribution < 1.29 is 23.1 Å². The maximum Gasteiger partial charge on any atom is 0.257 e. The molecular weight excluding hydrogens is 285 g/mol. The summed E-state index contributed by atoms with van der Waals surface area (Å²) in [4.78, 5) is 13.6. The largest absolute Gasteiger partial charge is 0.503 e. The third-order valence-electron chi connectivity index (χ3n) is 4.12. The summed E-state index contributed by atoms with van der Waals surface area (Å²) in [6.07, 6.45) is 1.32. The van der Waals surface area contributed by atoms with Gasteiger partial charge in [0.25, 0.3) is 5.91 Å². The zero-order chi connectivity index (χ0) is 15.8. The maximum atomic E-state index is 13.7. The van der Waals surface area contributed by atoms with Gasteiger partial charge in [-0.1, -0.05) is 0 Å². The Morgan fingerprint density at radius 1 is 1.29 bits per heavy atom. The first-order valence-corrected chi connectivity index (χ1v) is 6.64. The van der Waals surface area contributed by atoms with Crippen molar-refractivity contribution in [3.63, 3.8) is 0 Å². The molecule has 0 spiro atoms. The van der Waals surface area contributed by atoms with E-state index in [0.29, 0.717) is 32.0 Å². The van der Waals surface area contributed by atoms with Crippen molar-refractivity contribution in [3.05, 3.63) is 29.1 Å². The Morgan fingerprint density at radius 2 is 1.86 bits per heavy atom. The molecule has 7 heteroatoms. The van der Waals surface area contributed by atoms with Crippen molar-refractivity contribution in [2.45, 2.75) is 25.3 Å². The minimum atomic E-state index is -1.69. The van der Waals surface area contributed by atoms with Gasteiger partial charge in [-0.15, -0.1) is 0 Å². The number of carbonyl (C=O) groups is 1. The highest BCUT2D eigenvalue weighted by atomic mass is 19.2. The van der Waals surface area contributed by atoms with E-state index < -0.39 is 34.7 Å². The smallest absolute Gasteiger partial charge is 0.257 e. The first-order valence-electron chi connectivity index (χ1n) is 6.64. The molecule has 1 aliphatic heterocycles. The second kappa shape index (κ2) is 5.55. The summed E-state index contributed by atoms with van der Waals surface area (Å²) < 4.78 is 40.0.